The normalized spacial score (nSPS) is 26.5. The fourth-order valence-electron chi connectivity index (χ4n) is 5.93. The molecule has 0 aromatic heterocycles. The van der Waals surface area contributed by atoms with Gasteiger partial charge < -0.3 is 4.74 Å². The summed E-state index contributed by atoms with van der Waals surface area (Å²) in [6, 6.07) is 2.25. The molecule has 0 spiro atoms. The van der Waals surface area contributed by atoms with Gasteiger partial charge in [-0.1, -0.05) is 31.4 Å². The number of ether oxygens (including phenoxy) is 1. The summed E-state index contributed by atoms with van der Waals surface area (Å²) in [5, 5.41) is 0. The van der Waals surface area contributed by atoms with Crippen LogP contribution in [-0.4, -0.2) is 13.8 Å². The second-order valence-electron chi connectivity index (χ2n) is 10.0. The summed E-state index contributed by atoms with van der Waals surface area (Å²) in [6.07, 6.45) is 20.6. The van der Waals surface area contributed by atoms with Crippen LogP contribution in [0, 0.1) is 35.3 Å². The lowest BCUT2D eigenvalue weighted by atomic mass is 9.68. The van der Waals surface area contributed by atoms with Gasteiger partial charge in [-0.15, -0.1) is 0 Å². The Hall–Kier alpha value is -1.45. The quantitative estimate of drug-likeness (QED) is 0.242. The van der Waals surface area contributed by atoms with Gasteiger partial charge in [0.1, 0.15) is 17.4 Å². The van der Waals surface area contributed by atoms with E-state index in [0.717, 1.165) is 49.5 Å². The number of rotatable bonds is 11. The summed E-state index contributed by atoms with van der Waals surface area (Å²) in [7, 11) is 1.47. The first-order valence-electron chi connectivity index (χ1n) is 12.8. The van der Waals surface area contributed by atoms with Gasteiger partial charge in [0, 0.05) is 17.7 Å². The number of hydrogen-bond acceptors (Lipinski definition) is 1. The van der Waals surface area contributed by atoms with Crippen LogP contribution in [0.5, 0.6) is 5.75 Å². The lowest BCUT2D eigenvalue weighted by molar-refractivity contribution is 0.152. The van der Waals surface area contributed by atoms with Crippen LogP contribution in [0.2, 0.25) is 0 Å². The predicted molar refractivity (Wildman–Crippen MR) is 126 cm³/mol. The molecule has 2 aliphatic carbocycles. The second kappa shape index (κ2) is 13.3. The lowest BCUT2D eigenvalue weighted by Crippen LogP contribution is -2.25. The smallest absolute Gasteiger partial charge is 0.133 e. The van der Waals surface area contributed by atoms with E-state index in [-0.39, 0.29) is 6.67 Å². The Labute approximate surface area is 192 Å². The van der Waals surface area contributed by atoms with Gasteiger partial charge in [-0.2, -0.15) is 0 Å². The first-order valence-corrected chi connectivity index (χ1v) is 12.8. The van der Waals surface area contributed by atoms with Gasteiger partial charge in [0.05, 0.1) is 13.8 Å². The maximum atomic E-state index is 14.2. The molecule has 4 heteroatoms. The molecule has 0 amide bonds. The topological polar surface area (TPSA) is 9.23 Å². The first-order chi connectivity index (χ1) is 15.6. The molecule has 32 heavy (non-hydrogen) atoms. The van der Waals surface area contributed by atoms with Gasteiger partial charge in [0.2, 0.25) is 0 Å². The standard InChI is InChI=1S/C28H41F3O/c1-32-28-20-25(30)19-27(31)26(28)17-12-22-10-15-24(16-11-22)23-13-8-21(9-14-23)7-5-3-2-4-6-18-29/h5,7,19-24H,2-4,6,8-18H2,1H3/b7-5+. The molecule has 0 unspecified atom stereocenters. The average Bonchev–Trinajstić information content (AvgIpc) is 2.81. The number of hydrogen-bond donors (Lipinski definition) is 0. The molecule has 0 saturated heterocycles. The molecule has 0 N–H and O–H groups in total. The highest BCUT2D eigenvalue weighted by atomic mass is 19.1. The van der Waals surface area contributed by atoms with E-state index in [2.05, 4.69) is 12.2 Å². The van der Waals surface area contributed by atoms with E-state index in [4.69, 9.17) is 4.74 Å². The van der Waals surface area contributed by atoms with Crippen LogP contribution < -0.4 is 4.74 Å². The average molecular weight is 451 g/mol. The van der Waals surface area contributed by atoms with Crippen LogP contribution in [0.25, 0.3) is 0 Å². The third-order valence-corrected chi connectivity index (χ3v) is 7.93. The molecule has 0 radical (unpaired) electrons. The van der Waals surface area contributed by atoms with E-state index < -0.39 is 11.6 Å². The van der Waals surface area contributed by atoms with Crippen molar-refractivity contribution in [3.05, 3.63) is 41.5 Å². The first kappa shape index (κ1) is 25.2. The third kappa shape index (κ3) is 7.56. The summed E-state index contributed by atoms with van der Waals surface area (Å²) in [5.74, 6) is 2.38. The Morgan fingerprint density at radius 1 is 0.906 bits per heavy atom. The van der Waals surface area contributed by atoms with Crippen molar-refractivity contribution < 1.29 is 17.9 Å². The van der Waals surface area contributed by atoms with Crippen molar-refractivity contribution in [2.24, 2.45) is 23.7 Å². The third-order valence-electron chi connectivity index (χ3n) is 7.93. The zero-order valence-corrected chi connectivity index (χ0v) is 19.8. The number of benzene rings is 1. The minimum Gasteiger partial charge on any atom is -0.496 e. The fraction of sp³-hybridized carbons (Fsp3) is 0.714. The number of unbranched alkanes of at least 4 members (excludes halogenated alkanes) is 3. The minimum absolute atomic E-state index is 0.183. The molecule has 2 aliphatic rings. The summed E-state index contributed by atoms with van der Waals surface area (Å²) < 4.78 is 44.9. The monoisotopic (exact) mass is 450 g/mol. The van der Waals surface area contributed by atoms with E-state index in [9.17, 15) is 13.2 Å². The summed E-state index contributed by atoms with van der Waals surface area (Å²) in [4.78, 5) is 0. The van der Waals surface area contributed by atoms with Gasteiger partial charge in [-0.25, -0.2) is 8.78 Å². The van der Waals surface area contributed by atoms with Crippen molar-refractivity contribution in [2.75, 3.05) is 13.8 Å². The van der Waals surface area contributed by atoms with Crippen LogP contribution in [0.15, 0.2) is 24.3 Å². The van der Waals surface area contributed by atoms with Crippen molar-refractivity contribution in [2.45, 2.75) is 89.9 Å². The van der Waals surface area contributed by atoms with Crippen molar-refractivity contribution in [1.29, 1.82) is 0 Å². The Morgan fingerprint density at radius 3 is 2.25 bits per heavy atom. The highest BCUT2D eigenvalue weighted by Crippen LogP contribution is 2.42. The van der Waals surface area contributed by atoms with E-state index >= 15 is 0 Å². The largest absolute Gasteiger partial charge is 0.496 e. The van der Waals surface area contributed by atoms with Crippen LogP contribution in [0.3, 0.4) is 0 Å². The molecule has 2 saturated carbocycles. The van der Waals surface area contributed by atoms with Crippen LogP contribution in [0.1, 0.15) is 89.0 Å². The maximum absolute atomic E-state index is 14.2. The van der Waals surface area contributed by atoms with Crippen LogP contribution in [-0.2, 0) is 6.42 Å². The zero-order valence-electron chi connectivity index (χ0n) is 19.8. The van der Waals surface area contributed by atoms with E-state index in [1.54, 1.807) is 0 Å². The van der Waals surface area contributed by atoms with Gasteiger partial charge in [0.15, 0.2) is 0 Å². The molecular formula is C28H41F3O. The number of halogens is 3. The molecular weight excluding hydrogens is 409 g/mol. The molecule has 1 nitrogen and oxygen atoms in total. The molecule has 1 aromatic carbocycles. The Kier molecular flexibility index (Phi) is 10.5. The molecule has 0 aliphatic heterocycles. The van der Waals surface area contributed by atoms with Crippen molar-refractivity contribution in [3.63, 3.8) is 0 Å². The number of alkyl halides is 1. The second-order valence-corrected chi connectivity index (χ2v) is 10.0. The van der Waals surface area contributed by atoms with Crippen molar-refractivity contribution >= 4 is 0 Å². The Balaban J connectivity index is 1.35. The van der Waals surface area contributed by atoms with Gasteiger partial charge in [-0.05, 0) is 94.3 Å². The van der Waals surface area contributed by atoms with Crippen LogP contribution in [0.4, 0.5) is 13.2 Å². The predicted octanol–water partition coefficient (Wildman–Crippen LogP) is 8.60. The van der Waals surface area contributed by atoms with Crippen molar-refractivity contribution in [3.8, 4) is 5.75 Å². The van der Waals surface area contributed by atoms with Gasteiger partial charge in [-0.3, -0.25) is 4.39 Å². The maximum Gasteiger partial charge on any atom is 0.133 e. The minimum atomic E-state index is -0.581. The fourth-order valence-corrected chi connectivity index (χ4v) is 5.93. The van der Waals surface area contributed by atoms with E-state index in [0.29, 0.717) is 30.1 Å². The Morgan fingerprint density at radius 2 is 1.59 bits per heavy atom. The van der Waals surface area contributed by atoms with Gasteiger partial charge >= 0.3 is 0 Å². The summed E-state index contributed by atoms with van der Waals surface area (Å²) in [6.45, 7) is -0.183. The zero-order chi connectivity index (χ0) is 22.8. The molecule has 3 rings (SSSR count). The molecule has 0 atom stereocenters. The SMILES string of the molecule is COc1cc(F)cc(F)c1CCC1CCC(C2CCC(/C=C/CCCCCF)CC2)CC1. The lowest BCUT2D eigenvalue weighted by Gasteiger charge is -2.37. The number of methoxy groups -OCH3 is 1. The van der Waals surface area contributed by atoms with Crippen molar-refractivity contribution in [1.82, 2.24) is 0 Å². The molecule has 2 fully saturated rings. The van der Waals surface area contributed by atoms with Crippen LogP contribution >= 0.6 is 0 Å². The number of allylic oxidation sites excluding steroid dienone is 2. The summed E-state index contributed by atoms with van der Waals surface area (Å²) >= 11 is 0. The molecule has 180 valence electrons. The van der Waals surface area contributed by atoms with E-state index in [1.165, 1.54) is 64.5 Å². The highest BCUT2D eigenvalue weighted by Gasteiger charge is 2.30. The molecule has 0 bridgehead atoms. The van der Waals surface area contributed by atoms with E-state index in [1.807, 2.05) is 0 Å². The van der Waals surface area contributed by atoms with Gasteiger partial charge in [0.25, 0.3) is 0 Å². The molecule has 0 heterocycles. The highest BCUT2D eigenvalue weighted by molar-refractivity contribution is 5.35. The molecule has 1 aromatic rings. The summed E-state index contributed by atoms with van der Waals surface area (Å²) in [5.41, 5.74) is 0.518. The Bertz CT molecular complexity index is 701.